The Balaban J connectivity index is 1.89. The van der Waals surface area contributed by atoms with Gasteiger partial charge in [-0.25, -0.2) is 0 Å². The standard InChI is InChI=1S/C14H18BrNO2/c1-2-13(15)5-6-16-14(17)10-3-4-11-8-18-9-12(11)7-10/h3-4,7,13H,2,5-6,8-9H2,1H3,(H,16,17). The van der Waals surface area contributed by atoms with E-state index in [1.807, 2.05) is 18.2 Å². The van der Waals surface area contributed by atoms with Gasteiger partial charge in [-0.2, -0.15) is 0 Å². The Hall–Kier alpha value is -0.870. The Labute approximate surface area is 116 Å². The second-order valence-electron chi connectivity index (χ2n) is 4.53. The average Bonchev–Trinajstić information content (AvgIpc) is 2.85. The van der Waals surface area contributed by atoms with Crippen molar-refractivity contribution >= 4 is 21.8 Å². The van der Waals surface area contributed by atoms with Crippen LogP contribution in [0.5, 0.6) is 0 Å². The third-order valence-corrected chi connectivity index (χ3v) is 4.28. The predicted octanol–water partition coefficient (Wildman–Crippen LogP) is 3.01. The maximum atomic E-state index is 11.9. The molecular formula is C14H18BrNO2. The van der Waals surface area contributed by atoms with Gasteiger partial charge in [-0.1, -0.05) is 28.9 Å². The lowest BCUT2D eigenvalue weighted by Gasteiger charge is -2.09. The summed E-state index contributed by atoms with van der Waals surface area (Å²) >= 11 is 3.56. The molecule has 1 aromatic carbocycles. The Bertz CT molecular complexity index is 434. The van der Waals surface area contributed by atoms with Crippen molar-refractivity contribution < 1.29 is 9.53 Å². The van der Waals surface area contributed by atoms with Crippen LogP contribution in [0.4, 0.5) is 0 Å². The highest BCUT2D eigenvalue weighted by Crippen LogP contribution is 2.20. The van der Waals surface area contributed by atoms with E-state index < -0.39 is 0 Å². The Morgan fingerprint density at radius 1 is 1.44 bits per heavy atom. The third kappa shape index (κ3) is 3.33. The molecule has 1 aliphatic rings. The summed E-state index contributed by atoms with van der Waals surface area (Å²) < 4.78 is 5.34. The summed E-state index contributed by atoms with van der Waals surface area (Å²) in [6, 6.07) is 5.79. The lowest BCUT2D eigenvalue weighted by atomic mass is 10.1. The maximum absolute atomic E-state index is 11.9. The van der Waals surface area contributed by atoms with Crippen molar-refractivity contribution in [3.63, 3.8) is 0 Å². The molecule has 0 saturated carbocycles. The molecule has 0 bridgehead atoms. The smallest absolute Gasteiger partial charge is 0.251 e. The predicted molar refractivity (Wildman–Crippen MR) is 74.9 cm³/mol. The minimum atomic E-state index is 0.000466. The van der Waals surface area contributed by atoms with Gasteiger partial charge in [0.05, 0.1) is 13.2 Å². The molecule has 4 heteroatoms. The van der Waals surface area contributed by atoms with Gasteiger partial charge in [0.1, 0.15) is 0 Å². The zero-order valence-corrected chi connectivity index (χ0v) is 12.1. The van der Waals surface area contributed by atoms with Crippen LogP contribution in [0.3, 0.4) is 0 Å². The lowest BCUT2D eigenvalue weighted by Crippen LogP contribution is -2.26. The molecule has 1 heterocycles. The molecule has 0 saturated heterocycles. The van der Waals surface area contributed by atoms with E-state index in [9.17, 15) is 4.79 Å². The fourth-order valence-corrected chi connectivity index (χ4v) is 2.19. The fraction of sp³-hybridized carbons (Fsp3) is 0.500. The summed E-state index contributed by atoms with van der Waals surface area (Å²) in [6.45, 7) is 4.12. The van der Waals surface area contributed by atoms with Gasteiger partial charge in [-0.3, -0.25) is 4.79 Å². The first kappa shape index (κ1) is 13.6. The topological polar surface area (TPSA) is 38.3 Å². The van der Waals surface area contributed by atoms with E-state index in [1.165, 1.54) is 5.56 Å². The Morgan fingerprint density at radius 2 is 2.22 bits per heavy atom. The molecule has 1 atom stereocenters. The number of amides is 1. The van der Waals surface area contributed by atoms with Crippen molar-refractivity contribution in [3.8, 4) is 0 Å². The summed E-state index contributed by atoms with van der Waals surface area (Å²) in [5, 5.41) is 2.95. The molecular weight excluding hydrogens is 294 g/mol. The van der Waals surface area contributed by atoms with Crippen LogP contribution in [0.2, 0.25) is 0 Å². The summed E-state index contributed by atoms with van der Waals surface area (Å²) in [7, 11) is 0. The number of ether oxygens (including phenoxy) is 1. The van der Waals surface area contributed by atoms with Gasteiger partial charge in [-0.15, -0.1) is 0 Å². The highest BCUT2D eigenvalue weighted by Gasteiger charge is 2.14. The molecule has 1 aliphatic heterocycles. The normalized spacial score (nSPS) is 15.2. The number of carbonyl (C=O) groups is 1. The van der Waals surface area contributed by atoms with Crippen molar-refractivity contribution in [1.82, 2.24) is 5.32 Å². The zero-order valence-electron chi connectivity index (χ0n) is 10.5. The quantitative estimate of drug-likeness (QED) is 0.849. The van der Waals surface area contributed by atoms with Gasteiger partial charge in [0.15, 0.2) is 0 Å². The van der Waals surface area contributed by atoms with Crippen LogP contribution in [0, 0.1) is 0 Å². The van der Waals surface area contributed by atoms with Crippen LogP contribution < -0.4 is 5.32 Å². The molecule has 0 fully saturated rings. The number of hydrogen-bond acceptors (Lipinski definition) is 2. The van der Waals surface area contributed by atoms with Crippen LogP contribution in [-0.4, -0.2) is 17.3 Å². The van der Waals surface area contributed by atoms with Crippen molar-refractivity contribution in [1.29, 1.82) is 0 Å². The number of halogens is 1. The molecule has 18 heavy (non-hydrogen) atoms. The van der Waals surface area contributed by atoms with Gasteiger partial charge >= 0.3 is 0 Å². The monoisotopic (exact) mass is 311 g/mol. The van der Waals surface area contributed by atoms with E-state index in [4.69, 9.17) is 4.74 Å². The van der Waals surface area contributed by atoms with Crippen molar-refractivity contribution in [2.45, 2.75) is 37.8 Å². The van der Waals surface area contributed by atoms with Crippen LogP contribution in [-0.2, 0) is 18.0 Å². The fourth-order valence-electron chi connectivity index (χ4n) is 1.96. The molecule has 0 aromatic heterocycles. The minimum absolute atomic E-state index is 0.000466. The number of rotatable bonds is 5. The maximum Gasteiger partial charge on any atom is 0.251 e. The van der Waals surface area contributed by atoms with Crippen molar-refractivity contribution in [2.75, 3.05) is 6.54 Å². The first-order chi connectivity index (χ1) is 8.70. The van der Waals surface area contributed by atoms with E-state index in [0.717, 1.165) is 24.0 Å². The number of nitrogens with one attached hydrogen (secondary N) is 1. The van der Waals surface area contributed by atoms with Crippen LogP contribution in [0.1, 0.15) is 41.3 Å². The van der Waals surface area contributed by atoms with E-state index >= 15 is 0 Å². The van der Waals surface area contributed by atoms with Gasteiger partial charge in [0.2, 0.25) is 0 Å². The van der Waals surface area contributed by atoms with Crippen LogP contribution in [0.25, 0.3) is 0 Å². The average molecular weight is 312 g/mol. The molecule has 1 N–H and O–H groups in total. The number of alkyl halides is 1. The van der Waals surface area contributed by atoms with Crippen molar-refractivity contribution in [3.05, 3.63) is 34.9 Å². The first-order valence-corrected chi connectivity index (χ1v) is 7.24. The minimum Gasteiger partial charge on any atom is -0.372 e. The van der Waals surface area contributed by atoms with Crippen LogP contribution >= 0.6 is 15.9 Å². The van der Waals surface area contributed by atoms with E-state index in [-0.39, 0.29) is 5.91 Å². The lowest BCUT2D eigenvalue weighted by molar-refractivity contribution is 0.0953. The summed E-state index contributed by atoms with van der Waals surface area (Å²) in [4.78, 5) is 12.4. The van der Waals surface area contributed by atoms with Crippen LogP contribution in [0.15, 0.2) is 18.2 Å². The third-order valence-electron chi connectivity index (χ3n) is 3.17. The highest BCUT2D eigenvalue weighted by molar-refractivity contribution is 9.09. The van der Waals surface area contributed by atoms with E-state index in [0.29, 0.717) is 24.6 Å². The molecule has 2 rings (SSSR count). The summed E-state index contributed by atoms with van der Waals surface area (Å²) in [5.41, 5.74) is 3.05. The first-order valence-electron chi connectivity index (χ1n) is 6.32. The molecule has 98 valence electrons. The summed E-state index contributed by atoms with van der Waals surface area (Å²) in [5.74, 6) is 0.000466. The number of fused-ring (bicyclic) bond motifs is 1. The molecule has 1 aromatic rings. The number of benzene rings is 1. The Kier molecular flexibility index (Phi) is 4.78. The molecule has 0 spiro atoms. The largest absolute Gasteiger partial charge is 0.372 e. The molecule has 1 amide bonds. The zero-order chi connectivity index (χ0) is 13.0. The molecule has 0 aliphatic carbocycles. The number of carbonyl (C=O) groups excluding carboxylic acids is 1. The second-order valence-corrected chi connectivity index (χ2v) is 5.82. The second kappa shape index (κ2) is 6.34. The molecule has 1 unspecified atom stereocenters. The SMILES string of the molecule is CCC(Br)CCNC(=O)c1ccc2c(c1)COC2. The summed E-state index contributed by atoms with van der Waals surface area (Å²) in [6.07, 6.45) is 2.03. The van der Waals surface area contributed by atoms with E-state index in [2.05, 4.69) is 28.2 Å². The highest BCUT2D eigenvalue weighted by atomic mass is 79.9. The molecule has 3 nitrogen and oxygen atoms in total. The Morgan fingerprint density at radius 3 is 3.00 bits per heavy atom. The molecule has 0 radical (unpaired) electrons. The van der Waals surface area contributed by atoms with E-state index in [1.54, 1.807) is 0 Å². The van der Waals surface area contributed by atoms with Gasteiger partial charge in [0, 0.05) is 16.9 Å². The van der Waals surface area contributed by atoms with Gasteiger partial charge in [0.25, 0.3) is 5.91 Å². The van der Waals surface area contributed by atoms with Crippen molar-refractivity contribution in [2.24, 2.45) is 0 Å². The van der Waals surface area contributed by atoms with Gasteiger partial charge in [-0.05, 0) is 36.1 Å². The van der Waals surface area contributed by atoms with Gasteiger partial charge < -0.3 is 10.1 Å². The number of hydrogen-bond donors (Lipinski definition) is 1.